The lowest BCUT2D eigenvalue weighted by Gasteiger charge is -2.39. The number of furan rings is 1. The van der Waals surface area contributed by atoms with Crippen molar-refractivity contribution in [1.82, 2.24) is 15.0 Å². The molecule has 10 aromatic rings. The van der Waals surface area contributed by atoms with E-state index in [1.54, 1.807) is 0 Å². The number of hydrogen-bond acceptors (Lipinski definition) is 5. The second kappa shape index (κ2) is 12.2. The molecule has 1 spiro atoms. The van der Waals surface area contributed by atoms with Crippen molar-refractivity contribution in [1.29, 1.82) is 0 Å². The molecule has 3 heterocycles. The summed E-state index contributed by atoms with van der Waals surface area (Å²) in [6, 6.07) is 65.3. The summed E-state index contributed by atoms with van der Waals surface area (Å²) in [5.41, 5.74) is 12.9. The molecular weight excluding hydrogens is 699 g/mol. The third-order valence-electron chi connectivity index (χ3n) is 11.6. The molecule has 0 atom stereocenters. The molecule has 5 heteroatoms. The van der Waals surface area contributed by atoms with E-state index in [1.807, 2.05) is 54.6 Å². The minimum absolute atomic E-state index is 0.568. The highest BCUT2D eigenvalue weighted by Gasteiger charge is 2.51. The van der Waals surface area contributed by atoms with Gasteiger partial charge in [0.2, 0.25) is 0 Å². The number of fused-ring (bicyclic) bond motifs is 13. The summed E-state index contributed by atoms with van der Waals surface area (Å²) in [6.45, 7) is 0. The standard InChI is InChI=1S/C52H31N3O2/c1-3-14-32(15-4-1)33-26-28-35(29-27-33)50-53-49(34-16-5-2-6-17-34)54-51(55-50)39-20-13-25-45-46(39)38-30-31-43-48(47(38)57-45)56-44-24-12-11-23-42(44)52(43)40-21-9-7-18-36(40)37-19-8-10-22-41(37)52/h1-31H. The van der Waals surface area contributed by atoms with E-state index >= 15 is 0 Å². The quantitative estimate of drug-likeness (QED) is 0.180. The van der Waals surface area contributed by atoms with E-state index in [-0.39, 0.29) is 0 Å². The maximum atomic E-state index is 6.94. The molecule has 266 valence electrons. The SMILES string of the molecule is c1ccc(-c2ccc(-c3nc(-c4ccccc4)nc(-c4cccc5oc6c7c(ccc6c45)C4(c5ccccc5O7)c5ccccc5-c5ccccc54)n3)cc2)cc1. The van der Waals surface area contributed by atoms with Crippen LogP contribution >= 0.6 is 0 Å². The molecule has 0 bridgehead atoms. The first-order valence-electron chi connectivity index (χ1n) is 19.2. The Kier molecular flexibility index (Phi) is 6.78. The van der Waals surface area contributed by atoms with Gasteiger partial charge in [-0.15, -0.1) is 0 Å². The monoisotopic (exact) mass is 729 g/mol. The highest BCUT2D eigenvalue weighted by atomic mass is 16.5. The van der Waals surface area contributed by atoms with Crippen LogP contribution in [0.25, 0.3) is 78.4 Å². The van der Waals surface area contributed by atoms with E-state index in [9.17, 15) is 0 Å². The van der Waals surface area contributed by atoms with Crippen molar-refractivity contribution >= 4 is 21.9 Å². The van der Waals surface area contributed by atoms with Crippen LogP contribution in [0.2, 0.25) is 0 Å². The smallest absolute Gasteiger partial charge is 0.178 e. The fourth-order valence-electron chi connectivity index (χ4n) is 9.17. The van der Waals surface area contributed by atoms with Gasteiger partial charge in [0.05, 0.1) is 5.41 Å². The minimum Gasteiger partial charge on any atom is -0.453 e. The number of hydrogen-bond donors (Lipinski definition) is 0. The Labute approximate surface area is 328 Å². The molecule has 57 heavy (non-hydrogen) atoms. The van der Waals surface area contributed by atoms with E-state index in [4.69, 9.17) is 24.1 Å². The number of rotatable bonds is 4. The fraction of sp³-hybridized carbons (Fsp3) is 0.0192. The van der Waals surface area contributed by atoms with Crippen molar-refractivity contribution < 1.29 is 9.15 Å². The summed E-state index contributed by atoms with van der Waals surface area (Å²) in [5.74, 6) is 3.31. The van der Waals surface area contributed by atoms with Gasteiger partial charge in [-0.2, -0.15) is 0 Å². The van der Waals surface area contributed by atoms with Gasteiger partial charge in [0.15, 0.2) is 28.8 Å². The van der Waals surface area contributed by atoms with Gasteiger partial charge in [-0.1, -0.05) is 170 Å². The molecule has 0 saturated heterocycles. The van der Waals surface area contributed by atoms with E-state index in [2.05, 4.69) is 133 Å². The number of nitrogens with zero attached hydrogens (tertiary/aromatic N) is 3. The lowest BCUT2D eigenvalue weighted by atomic mass is 9.66. The molecule has 1 aliphatic carbocycles. The van der Waals surface area contributed by atoms with Crippen LogP contribution in [0, 0.1) is 0 Å². The molecular formula is C52H31N3O2. The van der Waals surface area contributed by atoms with Gasteiger partial charge in [0, 0.05) is 38.6 Å². The van der Waals surface area contributed by atoms with Crippen LogP contribution in [0.4, 0.5) is 0 Å². The number of aromatic nitrogens is 3. The fourth-order valence-corrected chi connectivity index (χ4v) is 9.17. The highest BCUT2D eigenvalue weighted by molar-refractivity contribution is 6.14. The van der Waals surface area contributed by atoms with Crippen molar-refractivity contribution in [2.24, 2.45) is 0 Å². The Morgan fingerprint density at radius 2 is 0.895 bits per heavy atom. The van der Waals surface area contributed by atoms with Gasteiger partial charge >= 0.3 is 0 Å². The van der Waals surface area contributed by atoms with E-state index < -0.39 is 5.41 Å². The third-order valence-corrected chi connectivity index (χ3v) is 11.6. The molecule has 0 fully saturated rings. The first kappa shape index (κ1) is 31.7. The van der Waals surface area contributed by atoms with Gasteiger partial charge in [0.1, 0.15) is 11.3 Å². The largest absolute Gasteiger partial charge is 0.453 e. The van der Waals surface area contributed by atoms with Crippen molar-refractivity contribution in [3.8, 4) is 67.9 Å². The molecule has 8 aromatic carbocycles. The lowest BCUT2D eigenvalue weighted by Crippen LogP contribution is -2.32. The summed E-state index contributed by atoms with van der Waals surface area (Å²) >= 11 is 0. The molecule has 2 aliphatic rings. The molecule has 0 unspecified atom stereocenters. The zero-order chi connectivity index (χ0) is 37.5. The molecule has 2 aromatic heterocycles. The maximum absolute atomic E-state index is 6.94. The van der Waals surface area contributed by atoms with Crippen LogP contribution in [-0.4, -0.2) is 15.0 Å². The molecule has 0 amide bonds. The van der Waals surface area contributed by atoms with Crippen LogP contribution in [0.1, 0.15) is 22.3 Å². The Morgan fingerprint density at radius 3 is 1.60 bits per heavy atom. The average molecular weight is 730 g/mol. The number of ether oxygens (including phenoxy) is 1. The number of benzene rings is 8. The Balaban J connectivity index is 1.08. The van der Waals surface area contributed by atoms with Crippen molar-refractivity contribution in [3.63, 3.8) is 0 Å². The van der Waals surface area contributed by atoms with Gasteiger partial charge in [-0.05, 0) is 51.6 Å². The first-order chi connectivity index (χ1) is 28.3. The minimum atomic E-state index is -0.586. The molecule has 12 rings (SSSR count). The average Bonchev–Trinajstić information content (AvgIpc) is 3.82. The van der Waals surface area contributed by atoms with Crippen LogP contribution < -0.4 is 4.74 Å². The second-order valence-electron chi connectivity index (χ2n) is 14.7. The predicted octanol–water partition coefficient (Wildman–Crippen LogP) is 12.9. The maximum Gasteiger partial charge on any atom is 0.178 e. The van der Waals surface area contributed by atoms with Gasteiger partial charge in [0.25, 0.3) is 0 Å². The summed E-state index contributed by atoms with van der Waals surface area (Å²) in [6.07, 6.45) is 0. The Bertz CT molecular complexity index is 3160. The van der Waals surface area contributed by atoms with E-state index in [1.165, 1.54) is 22.3 Å². The van der Waals surface area contributed by atoms with Crippen molar-refractivity contribution in [3.05, 3.63) is 210 Å². The summed E-state index contributed by atoms with van der Waals surface area (Å²) in [4.78, 5) is 15.3. The van der Waals surface area contributed by atoms with Crippen LogP contribution in [0.15, 0.2) is 192 Å². The highest BCUT2D eigenvalue weighted by Crippen LogP contribution is 2.63. The second-order valence-corrected chi connectivity index (χ2v) is 14.7. The molecule has 0 N–H and O–H groups in total. The van der Waals surface area contributed by atoms with E-state index in [0.29, 0.717) is 23.1 Å². The van der Waals surface area contributed by atoms with Gasteiger partial charge in [-0.3, -0.25) is 0 Å². The molecule has 0 saturated carbocycles. The summed E-state index contributed by atoms with van der Waals surface area (Å²) < 4.78 is 13.8. The number of para-hydroxylation sites is 1. The zero-order valence-electron chi connectivity index (χ0n) is 30.6. The Hall–Kier alpha value is -7.63. The van der Waals surface area contributed by atoms with E-state index in [0.717, 1.165) is 66.8 Å². The first-order valence-corrected chi connectivity index (χ1v) is 19.2. The Morgan fingerprint density at radius 1 is 0.368 bits per heavy atom. The van der Waals surface area contributed by atoms with Gasteiger partial charge < -0.3 is 9.15 Å². The summed E-state index contributed by atoms with van der Waals surface area (Å²) in [7, 11) is 0. The normalized spacial score (nSPS) is 13.2. The predicted molar refractivity (Wildman–Crippen MR) is 226 cm³/mol. The molecule has 0 radical (unpaired) electrons. The third kappa shape index (κ3) is 4.60. The topological polar surface area (TPSA) is 61.0 Å². The van der Waals surface area contributed by atoms with Crippen LogP contribution in [-0.2, 0) is 5.41 Å². The summed E-state index contributed by atoms with van der Waals surface area (Å²) in [5, 5.41) is 1.86. The van der Waals surface area contributed by atoms with Crippen molar-refractivity contribution in [2.75, 3.05) is 0 Å². The van der Waals surface area contributed by atoms with Gasteiger partial charge in [-0.25, -0.2) is 15.0 Å². The zero-order valence-corrected chi connectivity index (χ0v) is 30.6. The lowest BCUT2D eigenvalue weighted by molar-refractivity contribution is 0.432. The van der Waals surface area contributed by atoms with Crippen LogP contribution in [0.5, 0.6) is 11.5 Å². The molecule has 1 aliphatic heterocycles. The van der Waals surface area contributed by atoms with Crippen molar-refractivity contribution in [2.45, 2.75) is 5.41 Å². The van der Waals surface area contributed by atoms with Crippen LogP contribution in [0.3, 0.4) is 0 Å². The molecule has 5 nitrogen and oxygen atoms in total.